The van der Waals surface area contributed by atoms with Crippen LogP contribution in [0, 0.1) is 11.8 Å². The molecule has 2 aromatic rings. The van der Waals surface area contributed by atoms with E-state index < -0.39 is 10.0 Å². The predicted octanol–water partition coefficient (Wildman–Crippen LogP) is 3.61. The van der Waals surface area contributed by atoms with E-state index in [1.807, 2.05) is 36.4 Å². The van der Waals surface area contributed by atoms with Gasteiger partial charge < -0.3 is 4.74 Å². The molecule has 0 radical (unpaired) electrons. The van der Waals surface area contributed by atoms with Gasteiger partial charge in [-0.25, -0.2) is 8.42 Å². The van der Waals surface area contributed by atoms with Crippen molar-refractivity contribution in [3.63, 3.8) is 0 Å². The van der Waals surface area contributed by atoms with E-state index in [4.69, 9.17) is 16.3 Å². The van der Waals surface area contributed by atoms with Gasteiger partial charge in [-0.1, -0.05) is 42.8 Å². The molecule has 1 saturated carbocycles. The van der Waals surface area contributed by atoms with Crippen LogP contribution in [-0.4, -0.2) is 45.8 Å². The van der Waals surface area contributed by atoms with Gasteiger partial charge in [-0.05, 0) is 41.7 Å². The van der Waals surface area contributed by atoms with Crippen molar-refractivity contribution < 1.29 is 13.2 Å². The van der Waals surface area contributed by atoms with Gasteiger partial charge in [-0.15, -0.1) is 0 Å². The predicted molar refractivity (Wildman–Crippen MR) is 113 cm³/mol. The highest BCUT2D eigenvalue weighted by Gasteiger charge is 2.65. The van der Waals surface area contributed by atoms with Crippen molar-refractivity contribution in [2.24, 2.45) is 11.8 Å². The summed E-state index contributed by atoms with van der Waals surface area (Å²) in [5, 5.41) is 0.641. The third kappa shape index (κ3) is 3.86. The monoisotopic (exact) mass is 420 g/mol. The highest BCUT2D eigenvalue weighted by atomic mass is 35.5. The van der Waals surface area contributed by atoms with Crippen LogP contribution in [0.2, 0.25) is 5.02 Å². The molecule has 1 saturated heterocycles. The Kier molecular flexibility index (Phi) is 5.06. The molecule has 1 heterocycles. The average Bonchev–Trinajstić information content (AvgIpc) is 2.99. The van der Waals surface area contributed by atoms with Crippen molar-refractivity contribution in [1.29, 1.82) is 0 Å². The second-order valence-corrected chi connectivity index (χ2v) is 10.1. The number of nitrogens with one attached hydrogen (secondary N) is 1. The zero-order chi connectivity index (χ0) is 19.9. The summed E-state index contributed by atoms with van der Waals surface area (Å²) in [5.41, 5.74) is 1.97. The number of rotatable bonds is 7. The third-order valence-electron chi connectivity index (χ3n) is 6.12. The van der Waals surface area contributed by atoms with E-state index in [0.29, 0.717) is 29.2 Å². The van der Waals surface area contributed by atoms with Crippen LogP contribution in [0.3, 0.4) is 0 Å². The fourth-order valence-corrected chi connectivity index (χ4v) is 5.30. The van der Waals surface area contributed by atoms with Crippen LogP contribution < -0.4 is 9.46 Å². The number of ether oxygens (including phenoxy) is 1. The topological polar surface area (TPSA) is 58.6 Å². The second kappa shape index (κ2) is 7.25. The first-order chi connectivity index (χ1) is 13.3. The number of piperidine rings is 1. The molecule has 4 rings (SSSR count). The Morgan fingerprint density at radius 2 is 1.89 bits per heavy atom. The Hall–Kier alpha value is -1.76. The fraction of sp³-hybridized carbons (Fsp3) is 0.429. The van der Waals surface area contributed by atoms with E-state index >= 15 is 0 Å². The maximum absolute atomic E-state index is 11.5. The number of sulfonamides is 1. The molecule has 28 heavy (non-hydrogen) atoms. The van der Waals surface area contributed by atoms with Crippen LogP contribution in [0.4, 0.5) is 5.69 Å². The van der Waals surface area contributed by atoms with Gasteiger partial charge in [0.25, 0.3) is 0 Å². The fourth-order valence-electron chi connectivity index (χ4n) is 4.55. The highest BCUT2D eigenvalue weighted by molar-refractivity contribution is 7.92. The number of hydrogen-bond donors (Lipinski definition) is 1. The molecule has 2 aliphatic rings. The van der Waals surface area contributed by atoms with Gasteiger partial charge in [0.2, 0.25) is 10.0 Å². The van der Waals surface area contributed by atoms with Crippen LogP contribution in [0.25, 0.3) is 0 Å². The van der Waals surface area contributed by atoms with Crippen molar-refractivity contribution in [3.8, 4) is 5.75 Å². The first kappa shape index (κ1) is 19.6. The van der Waals surface area contributed by atoms with E-state index in [-0.39, 0.29) is 5.41 Å². The quantitative estimate of drug-likeness (QED) is 0.743. The van der Waals surface area contributed by atoms with Gasteiger partial charge in [0.05, 0.1) is 11.3 Å². The molecular formula is C21H25ClN2O3S. The number of halogens is 1. The zero-order valence-electron chi connectivity index (χ0n) is 16.1. The summed E-state index contributed by atoms with van der Waals surface area (Å²) in [4.78, 5) is 2.44. The molecule has 0 bridgehead atoms. The minimum atomic E-state index is -3.26. The van der Waals surface area contributed by atoms with E-state index in [2.05, 4.69) is 22.6 Å². The molecular weight excluding hydrogens is 396 g/mol. The van der Waals surface area contributed by atoms with Gasteiger partial charge in [-0.2, -0.15) is 0 Å². The number of nitrogens with zero attached hydrogens (tertiary/aromatic N) is 1. The lowest BCUT2D eigenvalue weighted by molar-refractivity contribution is 0.213. The minimum Gasteiger partial charge on any atom is -0.491 e. The molecule has 2 fully saturated rings. The van der Waals surface area contributed by atoms with Gasteiger partial charge in [-0.3, -0.25) is 9.62 Å². The molecule has 7 heteroatoms. The van der Waals surface area contributed by atoms with Gasteiger partial charge >= 0.3 is 0 Å². The Balaban J connectivity index is 1.33. The SMILES string of the molecule is CC1(c2cccc(NS(C)(=O)=O)c2)C2CN(CCOc3ccccc3Cl)CC21. The average molecular weight is 421 g/mol. The number of anilines is 1. The lowest BCUT2D eigenvalue weighted by Gasteiger charge is -2.24. The summed E-state index contributed by atoms with van der Waals surface area (Å²) in [7, 11) is -3.26. The highest BCUT2D eigenvalue weighted by Crippen LogP contribution is 2.63. The molecule has 1 N–H and O–H groups in total. The third-order valence-corrected chi connectivity index (χ3v) is 7.04. The molecule has 2 unspecified atom stereocenters. The summed E-state index contributed by atoms with van der Waals surface area (Å²) >= 11 is 6.13. The van der Waals surface area contributed by atoms with Crippen LogP contribution in [0.15, 0.2) is 48.5 Å². The Labute approximate surface area is 171 Å². The minimum absolute atomic E-state index is 0.120. The molecule has 2 aromatic carbocycles. The number of fused-ring (bicyclic) bond motifs is 1. The Morgan fingerprint density at radius 1 is 1.18 bits per heavy atom. The van der Waals surface area contributed by atoms with Crippen molar-refractivity contribution in [3.05, 3.63) is 59.1 Å². The van der Waals surface area contributed by atoms with E-state index in [9.17, 15) is 8.42 Å². The lowest BCUT2D eigenvalue weighted by Crippen LogP contribution is -2.32. The summed E-state index contributed by atoms with van der Waals surface area (Å²) in [6.45, 7) is 5.87. The van der Waals surface area contributed by atoms with Gasteiger partial charge in [0, 0.05) is 30.7 Å². The molecule has 1 aliphatic heterocycles. The number of para-hydroxylation sites is 1. The molecule has 0 spiro atoms. The van der Waals surface area contributed by atoms with Crippen LogP contribution in [0.5, 0.6) is 5.75 Å². The molecule has 150 valence electrons. The molecule has 2 atom stereocenters. The Morgan fingerprint density at radius 3 is 2.57 bits per heavy atom. The Bertz CT molecular complexity index is 967. The van der Waals surface area contributed by atoms with E-state index in [1.165, 1.54) is 11.8 Å². The summed E-state index contributed by atoms with van der Waals surface area (Å²) in [5.74, 6) is 1.93. The smallest absolute Gasteiger partial charge is 0.229 e. The maximum atomic E-state index is 11.5. The summed E-state index contributed by atoms with van der Waals surface area (Å²) < 4.78 is 31.4. The molecule has 1 aliphatic carbocycles. The van der Waals surface area contributed by atoms with Crippen LogP contribution >= 0.6 is 11.6 Å². The zero-order valence-corrected chi connectivity index (χ0v) is 17.6. The summed E-state index contributed by atoms with van der Waals surface area (Å²) in [6.07, 6.45) is 1.18. The molecule has 0 aromatic heterocycles. The largest absolute Gasteiger partial charge is 0.491 e. The second-order valence-electron chi connectivity index (χ2n) is 7.99. The van der Waals surface area contributed by atoms with Crippen molar-refractivity contribution >= 4 is 27.3 Å². The van der Waals surface area contributed by atoms with Gasteiger partial charge in [0.1, 0.15) is 12.4 Å². The van der Waals surface area contributed by atoms with Crippen molar-refractivity contribution in [2.75, 3.05) is 37.2 Å². The number of hydrogen-bond acceptors (Lipinski definition) is 4. The van der Waals surface area contributed by atoms with Gasteiger partial charge in [0.15, 0.2) is 0 Å². The molecule has 5 nitrogen and oxygen atoms in total. The normalized spacial score (nSPS) is 26.7. The molecule has 0 amide bonds. The van der Waals surface area contributed by atoms with Crippen molar-refractivity contribution in [1.82, 2.24) is 4.90 Å². The standard InChI is InChI=1S/C21H25ClN2O3S/c1-21(15-6-5-7-16(12-15)23-28(2,25)26)17-13-24(14-18(17)21)10-11-27-20-9-4-3-8-19(20)22/h3-9,12,17-18,23H,10-11,13-14H2,1-2H3. The van der Waals surface area contributed by atoms with E-state index in [1.54, 1.807) is 6.07 Å². The first-order valence-corrected chi connectivity index (χ1v) is 11.7. The first-order valence-electron chi connectivity index (χ1n) is 9.45. The maximum Gasteiger partial charge on any atom is 0.229 e. The van der Waals surface area contributed by atoms with Crippen LogP contribution in [0.1, 0.15) is 12.5 Å². The summed E-state index contributed by atoms with van der Waals surface area (Å²) in [6, 6.07) is 15.3. The van der Waals surface area contributed by atoms with E-state index in [0.717, 1.165) is 25.4 Å². The van der Waals surface area contributed by atoms with Crippen LogP contribution in [-0.2, 0) is 15.4 Å². The lowest BCUT2D eigenvalue weighted by atomic mass is 9.92. The number of likely N-dealkylation sites (tertiary alicyclic amines) is 1. The van der Waals surface area contributed by atoms with Crippen molar-refractivity contribution in [2.45, 2.75) is 12.3 Å². The number of benzene rings is 2.